The molecule has 0 fully saturated rings. The molecule has 6 aromatic rings. The number of anilines is 4. The molecule has 1 atom stereocenters. The third-order valence-corrected chi connectivity index (χ3v) is 15.0. The normalized spacial score (nSPS) is 15.8. The summed E-state index contributed by atoms with van der Waals surface area (Å²) in [5, 5.41) is 0. The zero-order chi connectivity index (χ0) is 51.2. The Morgan fingerprint density at radius 2 is 1.21 bits per heavy atom. The molecule has 0 saturated heterocycles. The second kappa shape index (κ2) is 19.5. The van der Waals surface area contributed by atoms with Crippen molar-refractivity contribution < 1.29 is 25.8 Å². The van der Waals surface area contributed by atoms with Gasteiger partial charge < -0.3 is 19.5 Å². The third kappa shape index (κ3) is 10.7. The number of benzene rings is 5. The summed E-state index contributed by atoms with van der Waals surface area (Å²) in [6.45, 7) is 46.5. The first kappa shape index (κ1) is 53.8. The van der Waals surface area contributed by atoms with Gasteiger partial charge in [0.1, 0.15) is 5.82 Å². The molecule has 2 aliphatic heterocycles. The second-order valence-corrected chi connectivity index (χ2v) is 25.2. The molecule has 0 amide bonds. The van der Waals surface area contributed by atoms with Gasteiger partial charge in [-0.05, 0) is 130 Å². The van der Waals surface area contributed by atoms with E-state index in [1.807, 2.05) is 6.20 Å². The van der Waals surface area contributed by atoms with Gasteiger partial charge in [-0.3, -0.25) is 0 Å². The average Bonchev–Trinajstić information content (AvgIpc) is 3.66. The van der Waals surface area contributed by atoms with Crippen LogP contribution in [0.4, 0.5) is 22.9 Å². The first-order chi connectivity index (χ1) is 32.5. The molecule has 0 unspecified atom stereocenters. The van der Waals surface area contributed by atoms with Crippen LogP contribution in [0.5, 0.6) is 11.5 Å². The maximum absolute atomic E-state index is 7.14. The van der Waals surface area contributed by atoms with Crippen LogP contribution >= 0.6 is 0 Å². The minimum Gasteiger partial charge on any atom is -0.503 e. The summed E-state index contributed by atoms with van der Waals surface area (Å²) in [5.74, 6) is 4.41. The number of rotatable bonds is 9. The van der Waals surface area contributed by atoms with Gasteiger partial charge in [-0.15, -0.1) is 29.8 Å². The van der Waals surface area contributed by atoms with E-state index in [1.54, 1.807) is 0 Å². The van der Waals surface area contributed by atoms with E-state index in [4.69, 9.17) is 14.7 Å². The van der Waals surface area contributed by atoms with Gasteiger partial charge in [0.15, 0.2) is 0 Å². The summed E-state index contributed by atoms with van der Waals surface area (Å²) < 4.78 is 7.14. The number of aryl methyl sites for hydroxylation is 5. The van der Waals surface area contributed by atoms with Gasteiger partial charge in [0.2, 0.25) is 0 Å². The number of hydrogen-bond acceptors (Lipinski definition) is 5. The van der Waals surface area contributed by atoms with Crippen molar-refractivity contribution in [2.75, 3.05) is 16.3 Å². The first-order valence-electron chi connectivity index (χ1n) is 25.8. The molecule has 0 saturated carbocycles. The summed E-state index contributed by atoms with van der Waals surface area (Å²) in [6.07, 6.45) is 1.98. The fourth-order valence-electron chi connectivity index (χ4n) is 11.3. The fourth-order valence-corrected chi connectivity index (χ4v) is 11.3. The van der Waals surface area contributed by atoms with Crippen molar-refractivity contribution in [3.63, 3.8) is 0 Å². The van der Waals surface area contributed by atoms with Gasteiger partial charge in [-0.2, -0.15) is 5.56 Å². The number of aromatic nitrogens is 1. The Kier molecular flexibility index (Phi) is 14.7. The van der Waals surface area contributed by atoms with Gasteiger partial charge in [0, 0.05) is 46.6 Å². The monoisotopic (exact) mass is 1130 g/mol. The molecule has 5 nitrogen and oxygen atoms in total. The molecule has 6 heteroatoms. The van der Waals surface area contributed by atoms with Gasteiger partial charge in [0.25, 0.3) is 0 Å². The van der Waals surface area contributed by atoms with Gasteiger partial charge in [-0.25, -0.2) is 4.98 Å². The Morgan fingerprint density at radius 3 is 1.79 bits per heavy atom. The van der Waals surface area contributed by atoms with E-state index in [2.05, 4.69) is 239 Å². The smallest absolute Gasteiger partial charge is 0.503 e. The van der Waals surface area contributed by atoms with E-state index in [-0.39, 0.29) is 48.8 Å². The number of nitrogens with zero attached hydrogens (tertiary/aromatic N) is 4. The zero-order valence-electron chi connectivity index (χ0n) is 46.6. The predicted molar refractivity (Wildman–Crippen MR) is 298 cm³/mol. The maximum atomic E-state index is 7.14. The molecule has 1 aromatic heterocycles. The molecule has 71 heavy (non-hydrogen) atoms. The number of pyridine rings is 1. The number of fused-ring (bicyclic) bond motifs is 2. The standard InChI is InChI=1S/C65H80N4O.Pt/c1-38(2)58(39(3)4)56-37-68(50-32-48(63(13,14)15)31-49(33-50)64(16,17)18)60(67-56)46-28-45(59-43(8)23-40(5)24-44(59)9)29-53(30-46)70-52-26-41(6)25-51(35-52)69-57-22-21-47(62(10,11)12)34-54(57)65(19,20)55-27-42(7)36-66-61(55)69;/h21-29,31-34,36,38-39,56,58H,37H2,1-20H3;/q-2;+2/t56-;/m0./s1. The molecular formula is C65H80N4OPt. The van der Waals surface area contributed by atoms with E-state index in [0.29, 0.717) is 29.3 Å². The van der Waals surface area contributed by atoms with Crippen molar-refractivity contribution in [3.05, 3.63) is 158 Å². The van der Waals surface area contributed by atoms with Crippen molar-refractivity contribution >= 4 is 28.7 Å². The van der Waals surface area contributed by atoms with Crippen LogP contribution in [0.25, 0.3) is 11.1 Å². The van der Waals surface area contributed by atoms with Crippen molar-refractivity contribution in [3.8, 4) is 22.6 Å². The fraction of sp³-hybridized carbons (Fsp3) is 0.446. The van der Waals surface area contributed by atoms with Gasteiger partial charge in [-0.1, -0.05) is 170 Å². The van der Waals surface area contributed by atoms with Crippen LogP contribution < -0.4 is 14.5 Å². The molecule has 5 aromatic carbocycles. The van der Waals surface area contributed by atoms with Gasteiger partial charge >= 0.3 is 21.1 Å². The Balaban J connectivity index is 0.00000741. The van der Waals surface area contributed by atoms with Crippen LogP contribution in [-0.2, 0) is 42.7 Å². The summed E-state index contributed by atoms with van der Waals surface area (Å²) in [5.41, 5.74) is 18.3. The topological polar surface area (TPSA) is 41.0 Å². The molecule has 0 bridgehead atoms. The van der Waals surface area contributed by atoms with E-state index >= 15 is 0 Å². The van der Waals surface area contributed by atoms with Crippen LogP contribution in [0.2, 0.25) is 0 Å². The molecule has 2 aliphatic rings. The quantitative estimate of drug-likeness (QED) is 0.135. The molecule has 8 rings (SSSR count). The third-order valence-electron chi connectivity index (χ3n) is 15.0. The minimum absolute atomic E-state index is 0. The van der Waals surface area contributed by atoms with E-state index in [1.165, 1.54) is 55.8 Å². The van der Waals surface area contributed by atoms with Crippen LogP contribution in [-0.4, -0.2) is 23.4 Å². The number of ether oxygens (including phenoxy) is 1. The molecular weight excluding hydrogens is 1050 g/mol. The van der Waals surface area contributed by atoms with Crippen LogP contribution in [0, 0.1) is 64.5 Å². The second-order valence-electron chi connectivity index (χ2n) is 25.2. The van der Waals surface area contributed by atoms with Crippen LogP contribution in [0.15, 0.2) is 90.1 Å². The Bertz CT molecular complexity index is 2940. The number of amidine groups is 1. The summed E-state index contributed by atoms with van der Waals surface area (Å²) in [6, 6.07) is 37.5. The number of hydrogen-bond donors (Lipinski definition) is 0. The zero-order valence-corrected chi connectivity index (χ0v) is 48.9. The van der Waals surface area contributed by atoms with Crippen LogP contribution in [0.3, 0.4) is 0 Å². The van der Waals surface area contributed by atoms with Crippen LogP contribution in [0.1, 0.15) is 165 Å². The Hall–Kier alpha value is -4.99. The summed E-state index contributed by atoms with van der Waals surface area (Å²) in [7, 11) is 0. The van der Waals surface area contributed by atoms with Crippen molar-refractivity contribution in [1.29, 1.82) is 0 Å². The Labute approximate surface area is 443 Å². The molecule has 0 N–H and O–H groups in total. The Morgan fingerprint density at radius 1 is 0.634 bits per heavy atom. The SMILES string of the molecule is Cc1cc(Oc2[c-]c(C3=N[C@H](C(C(C)C)C(C)C)CN3c3cc(C(C)(C)C)cc(C(C)(C)C)c3)cc(-c3c(C)cc(C)cc3C)c2)[c-]c(N2c3ccc(C(C)(C)C)cc3C(C)(C)c3cc(C)cnc32)c1.[Pt+2]. The first-order valence-corrected chi connectivity index (χ1v) is 25.8. The number of aliphatic imine (C=N–C) groups is 1. The van der Waals surface area contributed by atoms with Crippen molar-refractivity contribution in [2.24, 2.45) is 22.7 Å². The van der Waals surface area contributed by atoms with E-state index < -0.39 is 0 Å². The summed E-state index contributed by atoms with van der Waals surface area (Å²) >= 11 is 0. The maximum Gasteiger partial charge on any atom is 2.00 e. The molecule has 0 radical (unpaired) electrons. The largest absolute Gasteiger partial charge is 2.00 e. The van der Waals surface area contributed by atoms with Crippen molar-refractivity contribution in [1.82, 2.24) is 4.98 Å². The molecule has 376 valence electrons. The minimum atomic E-state index is -0.273. The summed E-state index contributed by atoms with van der Waals surface area (Å²) in [4.78, 5) is 15.7. The van der Waals surface area contributed by atoms with Crippen molar-refractivity contribution in [2.45, 2.75) is 166 Å². The van der Waals surface area contributed by atoms with Gasteiger partial charge in [0.05, 0.1) is 11.9 Å². The van der Waals surface area contributed by atoms with E-state index in [0.717, 1.165) is 51.8 Å². The predicted octanol–water partition coefficient (Wildman–Crippen LogP) is 17.2. The molecule has 0 spiro atoms. The molecule has 3 heterocycles. The van der Waals surface area contributed by atoms with E-state index in [9.17, 15) is 0 Å². The molecule has 0 aliphatic carbocycles. The average molecular weight is 1130 g/mol.